The first-order chi connectivity index (χ1) is 16.9. The predicted molar refractivity (Wildman–Crippen MR) is 131 cm³/mol. The fraction of sp³-hybridized carbons (Fsp3) is 0.462. The molecular formula is C26H33FN4O4. The number of hydrogen-bond acceptors (Lipinski definition) is 4. The van der Waals surface area contributed by atoms with Crippen LogP contribution < -0.4 is 10.1 Å². The molecule has 0 saturated carbocycles. The highest BCUT2D eigenvalue weighted by molar-refractivity contribution is 5.89. The number of ether oxygens (including phenoxy) is 1. The van der Waals surface area contributed by atoms with E-state index in [1.54, 1.807) is 36.3 Å². The molecule has 1 unspecified atom stereocenters. The molecule has 35 heavy (non-hydrogen) atoms. The Hall–Kier alpha value is -3.33. The summed E-state index contributed by atoms with van der Waals surface area (Å²) in [5.74, 6) is 0.966. The molecule has 2 fully saturated rings. The van der Waals surface area contributed by atoms with E-state index in [9.17, 15) is 19.1 Å². The topological polar surface area (TPSA) is 85.3 Å². The predicted octanol–water partition coefficient (Wildman–Crippen LogP) is 3.99. The molecule has 2 aromatic carbocycles. The summed E-state index contributed by atoms with van der Waals surface area (Å²) in [5.41, 5.74) is 1.78. The summed E-state index contributed by atoms with van der Waals surface area (Å²) in [7, 11) is 1.57. The highest BCUT2D eigenvalue weighted by atomic mass is 19.1. The van der Waals surface area contributed by atoms with E-state index in [2.05, 4.69) is 10.2 Å². The number of carboxylic acid groups (broad SMARTS) is 1. The van der Waals surface area contributed by atoms with Gasteiger partial charge in [-0.3, -0.25) is 0 Å². The Morgan fingerprint density at radius 3 is 2.51 bits per heavy atom. The molecule has 1 atom stereocenters. The Balaban J connectivity index is 1.31. The van der Waals surface area contributed by atoms with Crippen LogP contribution in [0.2, 0.25) is 0 Å². The number of urea groups is 1. The van der Waals surface area contributed by atoms with Crippen molar-refractivity contribution in [2.45, 2.75) is 25.3 Å². The summed E-state index contributed by atoms with van der Waals surface area (Å²) < 4.78 is 18.4. The van der Waals surface area contributed by atoms with E-state index in [0.717, 1.165) is 37.9 Å². The third kappa shape index (κ3) is 6.63. The zero-order chi connectivity index (χ0) is 24.8. The minimum absolute atomic E-state index is 0.217. The lowest BCUT2D eigenvalue weighted by molar-refractivity contribution is 0.0553. The molecule has 2 aliphatic heterocycles. The van der Waals surface area contributed by atoms with Crippen LogP contribution in [0.3, 0.4) is 0 Å². The van der Waals surface area contributed by atoms with E-state index in [-0.39, 0.29) is 24.4 Å². The van der Waals surface area contributed by atoms with Gasteiger partial charge in [0.05, 0.1) is 13.2 Å². The van der Waals surface area contributed by atoms with Gasteiger partial charge < -0.3 is 29.9 Å². The van der Waals surface area contributed by atoms with Crippen LogP contribution in [0.4, 0.5) is 19.7 Å². The van der Waals surface area contributed by atoms with Crippen molar-refractivity contribution in [2.75, 3.05) is 51.7 Å². The van der Waals surface area contributed by atoms with Crippen LogP contribution in [0.25, 0.3) is 0 Å². The molecule has 2 aliphatic rings. The van der Waals surface area contributed by atoms with E-state index >= 15 is 0 Å². The Morgan fingerprint density at radius 2 is 1.83 bits per heavy atom. The zero-order valence-corrected chi connectivity index (χ0v) is 20.0. The van der Waals surface area contributed by atoms with E-state index in [1.165, 1.54) is 17.0 Å². The van der Waals surface area contributed by atoms with Gasteiger partial charge in [-0.1, -0.05) is 18.2 Å². The number of anilines is 1. The molecule has 0 aliphatic carbocycles. The third-order valence-electron chi connectivity index (χ3n) is 6.95. The van der Waals surface area contributed by atoms with Crippen molar-refractivity contribution < 1.29 is 23.8 Å². The highest BCUT2D eigenvalue weighted by Crippen LogP contribution is 2.24. The maximum Gasteiger partial charge on any atom is 0.407 e. The first-order valence-corrected chi connectivity index (χ1v) is 12.1. The number of piperazine rings is 1. The molecule has 2 heterocycles. The number of amides is 3. The molecule has 188 valence electrons. The quantitative estimate of drug-likeness (QED) is 0.648. The number of likely N-dealkylation sites (tertiary alicyclic amines) is 1. The molecule has 2 saturated heterocycles. The Morgan fingerprint density at radius 1 is 1.09 bits per heavy atom. The van der Waals surface area contributed by atoms with Gasteiger partial charge in [-0.05, 0) is 68.1 Å². The standard InChI is InChI=1S/C26H33FN4O4/c1-35-24-4-2-3-22(16-24)28-25(32)30-13-14-31(26(33)34)23(18-30)17-29-11-9-20(10-12-29)15-19-5-7-21(27)8-6-19/h2-8,16,20,23H,9-15,17-18H2,1H3,(H,28,32)(H,33,34). The highest BCUT2D eigenvalue weighted by Gasteiger charge is 2.34. The van der Waals surface area contributed by atoms with Crippen LogP contribution in [0.15, 0.2) is 48.5 Å². The van der Waals surface area contributed by atoms with Crippen molar-refractivity contribution in [1.82, 2.24) is 14.7 Å². The molecule has 0 bridgehead atoms. The van der Waals surface area contributed by atoms with Gasteiger partial charge in [-0.2, -0.15) is 0 Å². The van der Waals surface area contributed by atoms with Crippen LogP contribution in [0.5, 0.6) is 5.75 Å². The van der Waals surface area contributed by atoms with E-state index < -0.39 is 6.09 Å². The number of benzene rings is 2. The summed E-state index contributed by atoms with van der Waals surface area (Å²) in [4.78, 5) is 30.2. The molecule has 2 aromatic rings. The van der Waals surface area contributed by atoms with Gasteiger partial charge in [0.1, 0.15) is 11.6 Å². The SMILES string of the molecule is COc1cccc(NC(=O)N2CCN(C(=O)O)C(CN3CCC(Cc4ccc(F)cc4)CC3)C2)c1. The summed E-state index contributed by atoms with van der Waals surface area (Å²) in [6, 6.07) is 13.3. The van der Waals surface area contributed by atoms with Crippen molar-refractivity contribution >= 4 is 17.8 Å². The number of piperidine rings is 1. The van der Waals surface area contributed by atoms with Gasteiger partial charge in [0, 0.05) is 37.9 Å². The van der Waals surface area contributed by atoms with Gasteiger partial charge in [0.25, 0.3) is 0 Å². The number of methoxy groups -OCH3 is 1. The van der Waals surface area contributed by atoms with Crippen LogP contribution in [-0.2, 0) is 6.42 Å². The Labute approximate surface area is 205 Å². The van der Waals surface area contributed by atoms with Gasteiger partial charge >= 0.3 is 12.1 Å². The maximum atomic E-state index is 13.2. The summed E-state index contributed by atoms with van der Waals surface area (Å²) in [6.45, 7) is 3.33. The number of nitrogens with one attached hydrogen (secondary N) is 1. The molecule has 0 radical (unpaired) electrons. The molecular weight excluding hydrogens is 451 g/mol. The number of carbonyl (C=O) groups excluding carboxylic acids is 1. The van der Waals surface area contributed by atoms with Crippen molar-refractivity contribution in [3.05, 3.63) is 59.9 Å². The number of nitrogens with zero attached hydrogens (tertiary/aromatic N) is 3. The fourth-order valence-corrected chi connectivity index (χ4v) is 4.98. The second kappa shape index (κ2) is 11.4. The van der Waals surface area contributed by atoms with Gasteiger partial charge in [-0.15, -0.1) is 0 Å². The lowest BCUT2D eigenvalue weighted by Crippen LogP contribution is -2.60. The number of carbonyl (C=O) groups is 2. The number of halogens is 1. The lowest BCUT2D eigenvalue weighted by Gasteiger charge is -2.43. The van der Waals surface area contributed by atoms with E-state index in [0.29, 0.717) is 37.0 Å². The molecule has 2 N–H and O–H groups in total. The van der Waals surface area contributed by atoms with Crippen LogP contribution in [-0.4, -0.2) is 84.4 Å². The largest absolute Gasteiger partial charge is 0.497 e. The Bertz CT molecular complexity index is 1010. The monoisotopic (exact) mass is 484 g/mol. The fourth-order valence-electron chi connectivity index (χ4n) is 4.98. The first kappa shape index (κ1) is 24.8. The van der Waals surface area contributed by atoms with Crippen LogP contribution in [0, 0.1) is 11.7 Å². The molecule has 3 amide bonds. The number of hydrogen-bond donors (Lipinski definition) is 2. The second-order valence-electron chi connectivity index (χ2n) is 9.31. The normalized spacial score (nSPS) is 19.4. The van der Waals surface area contributed by atoms with E-state index in [4.69, 9.17) is 4.74 Å². The molecule has 8 nitrogen and oxygen atoms in total. The zero-order valence-electron chi connectivity index (χ0n) is 20.0. The molecule has 4 rings (SSSR count). The molecule has 0 spiro atoms. The van der Waals surface area contributed by atoms with E-state index in [1.807, 2.05) is 12.1 Å². The minimum atomic E-state index is -0.950. The third-order valence-corrected chi connectivity index (χ3v) is 6.95. The smallest absolute Gasteiger partial charge is 0.407 e. The molecule has 0 aromatic heterocycles. The van der Waals surface area contributed by atoms with Crippen molar-refractivity contribution in [3.8, 4) is 5.75 Å². The van der Waals surface area contributed by atoms with Crippen LogP contribution >= 0.6 is 0 Å². The summed E-state index contributed by atoms with van der Waals surface area (Å²) in [5, 5.41) is 12.6. The lowest BCUT2D eigenvalue weighted by atomic mass is 9.90. The van der Waals surface area contributed by atoms with Gasteiger partial charge in [0.2, 0.25) is 0 Å². The van der Waals surface area contributed by atoms with Crippen molar-refractivity contribution in [2.24, 2.45) is 5.92 Å². The second-order valence-corrected chi connectivity index (χ2v) is 9.31. The van der Waals surface area contributed by atoms with Gasteiger partial charge in [0.15, 0.2) is 0 Å². The summed E-state index contributed by atoms with van der Waals surface area (Å²) in [6.07, 6.45) is 2.00. The summed E-state index contributed by atoms with van der Waals surface area (Å²) >= 11 is 0. The van der Waals surface area contributed by atoms with Crippen molar-refractivity contribution in [3.63, 3.8) is 0 Å². The minimum Gasteiger partial charge on any atom is -0.497 e. The number of rotatable bonds is 6. The average Bonchev–Trinajstić information content (AvgIpc) is 2.86. The first-order valence-electron chi connectivity index (χ1n) is 12.1. The van der Waals surface area contributed by atoms with Crippen LogP contribution in [0.1, 0.15) is 18.4 Å². The Kier molecular flexibility index (Phi) is 8.07. The average molecular weight is 485 g/mol. The maximum absolute atomic E-state index is 13.2. The van der Waals surface area contributed by atoms with Gasteiger partial charge in [-0.25, -0.2) is 14.0 Å². The molecule has 9 heteroatoms. The van der Waals surface area contributed by atoms with Crippen molar-refractivity contribution in [1.29, 1.82) is 0 Å².